The zero-order chi connectivity index (χ0) is 12.1. The zero-order valence-electron chi connectivity index (χ0n) is 9.27. The highest BCUT2D eigenvalue weighted by Gasteiger charge is 2.33. The van der Waals surface area contributed by atoms with E-state index in [0.717, 1.165) is 7.11 Å². The summed E-state index contributed by atoms with van der Waals surface area (Å²) in [6.45, 7) is 4.59. The predicted molar refractivity (Wildman–Crippen MR) is 55.4 cm³/mol. The Hall–Kier alpha value is -1.03. The van der Waals surface area contributed by atoms with Crippen LogP contribution in [0, 0.1) is 0 Å². The molecule has 15 heavy (non-hydrogen) atoms. The van der Waals surface area contributed by atoms with Crippen molar-refractivity contribution in [3.8, 4) is 0 Å². The van der Waals surface area contributed by atoms with Crippen LogP contribution >= 0.6 is 7.14 Å². The molecule has 0 saturated heterocycles. The van der Waals surface area contributed by atoms with E-state index in [0.29, 0.717) is 0 Å². The first kappa shape index (κ1) is 14.0. The molecular weight excluding hydrogens is 221 g/mol. The van der Waals surface area contributed by atoms with Crippen LogP contribution in [0.1, 0.15) is 6.92 Å². The standard InChI is InChI=1S/C8H16NO5P/c1-5-14-8(11)9-6(7(10)13-2)15(3,4)12/h6H,5H2,1-4H3,(H,9,11). The van der Waals surface area contributed by atoms with Crippen LogP contribution in [0.2, 0.25) is 0 Å². The summed E-state index contributed by atoms with van der Waals surface area (Å²) >= 11 is 0. The largest absolute Gasteiger partial charge is 0.467 e. The van der Waals surface area contributed by atoms with Gasteiger partial charge in [0.25, 0.3) is 0 Å². The van der Waals surface area contributed by atoms with E-state index in [1.807, 2.05) is 0 Å². The third kappa shape index (κ3) is 4.83. The van der Waals surface area contributed by atoms with E-state index in [9.17, 15) is 14.2 Å². The SMILES string of the molecule is CCOC(=O)NC(C(=O)OC)P(C)(C)=O. The lowest BCUT2D eigenvalue weighted by Crippen LogP contribution is -2.41. The molecule has 0 aromatic heterocycles. The average Bonchev–Trinajstić information content (AvgIpc) is 2.12. The van der Waals surface area contributed by atoms with Crippen LogP contribution in [0.5, 0.6) is 0 Å². The van der Waals surface area contributed by atoms with Gasteiger partial charge in [-0.3, -0.25) is 0 Å². The first-order valence-corrected chi connectivity index (χ1v) is 7.05. The van der Waals surface area contributed by atoms with Crippen LogP contribution in [0.25, 0.3) is 0 Å². The second kappa shape index (κ2) is 5.75. The van der Waals surface area contributed by atoms with E-state index in [1.54, 1.807) is 6.92 Å². The van der Waals surface area contributed by atoms with Crippen molar-refractivity contribution in [3.63, 3.8) is 0 Å². The molecule has 0 aliphatic heterocycles. The molecule has 0 radical (unpaired) electrons. The summed E-state index contributed by atoms with van der Waals surface area (Å²) in [6.07, 6.45) is -0.781. The lowest BCUT2D eigenvalue weighted by atomic mass is 10.6. The Kier molecular flexibility index (Phi) is 5.36. The molecule has 1 amide bonds. The van der Waals surface area contributed by atoms with E-state index in [-0.39, 0.29) is 6.61 Å². The number of amides is 1. The fourth-order valence-corrected chi connectivity index (χ4v) is 1.89. The minimum Gasteiger partial charge on any atom is -0.467 e. The molecule has 0 bridgehead atoms. The van der Waals surface area contributed by atoms with Crippen LogP contribution in [0.3, 0.4) is 0 Å². The van der Waals surface area contributed by atoms with Gasteiger partial charge in [-0.25, -0.2) is 9.59 Å². The maximum atomic E-state index is 11.7. The van der Waals surface area contributed by atoms with Gasteiger partial charge in [-0.2, -0.15) is 0 Å². The fraction of sp³-hybridized carbons (Fsp3) is 0.750. The Morgan fingerprint density at radius 1 is 1.40 bits per heavy atom. The molecule has 0 aliphatic carbocycles. The minimum absolute atomic E-state index is 0.178. The van der Waals surface area contributed by atoms with Crippen LogP contribution in [0.4, 0.5) is 4.79 Å². The first-order chi connectivity index (χ1) is 6.82. The smallest absolute Gasteiger partial charge is 0.408 e. The van der Waals surface area contributed by atoms with Gasteiger partial charge in [-0.15, -0.1) is 0 Å². The van der Waals surface area contributed by atoms with E-state index < -0.39 is 25.0 Å². The summed E-state index contributed by atoms with van der Waals surface area (Å²) in [7, 11) is -1.65. The minimum atomic E-state index is -2.81. The Bertz CT molecular complexity index is 285. The zero-order valence-corrected chi connectivity index (χ0v) is 10.2. The maximum absolute atomic E-state index is 11.7. The molecule has 1 N–H and O–H groups in total. The Labute approximate surface area is 88.7 Å². The normalized spacial score (nSPS) is 12.8. The Morgan fingerprint density at radius 2 is 1.93 bits per heavy atom. The molecule has 0 aromatic carbocycles. The van der Waals surface area contributed by atoms with Crippen LogP contribution < -0.4 is 5.32 Å². The van der Waals surface area contributed by atoms with Crippen molar-refractivity contribution in [2.45, 2.75) is 12.7 Å². The monoisotopic (exact) mass is 237 g/mol. The third-order valence-corrected chi connectivity index (χ3v) is 3.16. The van der Waals surface area contributed by atoms with Gasteiger partial charge < -0.3 is 19.4 Å². The number of rotatable bonds is 4. The van der Waals surface area contributed by atoms with Crippen molar-refractivity contribution < 1.29 is 23.6 Å². The summed E-state index contributed by atoms with van der Waals surface area (Å²) in [6, 6.07) is 0. The predicted octanol–water partition coefficient (Wildman–Crippen LogP) is 0.854. The van der Waals surface area contributed by atoms with Gasteiger partial charge in [-0.1, -0.05) is 0 Å². The van der Waals surface area contributed by atoms with Crippen molar-refractivity contribution in [1.29, 1.82) is 0 Å². The summed E-state index contributed by atoms with van der Waals surface area (Å²) in [5.41, 5.74) is 0. The van der Waals surface area contributed by atoms with Crippen LogP contribution in [-0.4, -0.2) is 44.9 Å². The quantitative estimate of drug-likeness (QED) is 0.579. The highest BCUT2D eigenvalue weighted by Crippen LogP contribution is 2.41. The van der Waals surface area contributed by atoms with E-state index in [1.165, 1.54) is 13.3 Å². The van der Waals surface area contributed by atoms with Crippen LogP contribution in [0.15, 0.2) is 0 Å². The summed E-state index contributed by atoms with van der Waals surface area (Å²) < 4.78 is 20.7. The number of alkyl carbamates (subject to hydrolysis) is 1. The average molecular weight is 237 g/mol. The van der Waals surface area contributed by atoms with Crippen molar-refractivity contribution in [1.82, 2.24) is 5.32 Å². The maximum Gasteiger partial charge on any atom is 0.408 e. The van der Waals surface area contributed by atoms with Gasteiger partial charge in [-0.05, 0) is 20.3 Å². The third-order valence-electron chi connectivity index (χ3n) is 1.58. The molecule has 0 heterocycles. The number of nitrogens with one attached hydrogen (secondary N) is 1. The van der Waals surface area contributed by atoms with Crippen LogP contribution in [-0.2, 0) is 18.8 Å². The molecule has 1 unspecified atom stereocenters. The number of esters is 1. The van der Waals surface area contributed by atoms with Gasteiger partial charge >= 0.3 is 12.1 Å². The molecule has 0 saturated carbocycles. The molecular formula is C8H16NO5P. The molecule has 7 heteroatoms. The summed E-state index contributed by atoms with van der Waals surface area (Å²) in [5.74, 6) is -1.89. The number of hydrogen-bond acceptors (Lipinski definition) is 5. The van der Waals surface area contributed by atoms with Gasteiger partial charge in [0, 0.05) is 0 Å². The Balaban J connectivity index is 4.60. The second-order valence-electron chi connectivity index (χ2n) is 3.22. The second-order valence-corrected chi connectivity index (χ2v) is 6.61. The molecule has 0 rings (SSSR count). The van der Waals surface area contributed by atoms with Crippen molar-refractivity contribution in [2.24, 2.45) is 0 Å². The van der Waals surface area contributed by atoms with Crippen molar-refractivity contribution in [2.75, 3.05) is 27.0 Å². The molecule has 0 fully saturated rings. The molecule has 88 valence electrons. The van der Waals surface area contributed by atoms with Gasteiger partial charge in [0.05, 0.1) is 13.7 Å². The lowest BCUT2D eigenvalue weighted by molar-refractivity contribution is -0.140. The molecule has 1 atom stereocenters. The topological polar surface area (TPSA) is 81.7 Å². The summed E-state index contributed by atoms with van der Waals surface area (Å²) in [4.78, 5) is 22.3. The molecule has 0 aromatic rings. The summed E-state index contributed by atoms with van der Waals surface area (Å²) in [5, 5.41) is 2.21. The number of ether oxygens (including phenoxy) is 2. The number of carbonyl (C=O) groups is 2. The molecule has 0 spiro atoms. The van der Waals surface area contributed by atoms with E-state index in [2.05, 4.69) is 14.8 Å². The highest BCUT2D eigenvalue weighted by molar-refractivity contribution is 7.64. The highest BCUT2D eigenvalue weighted by atomic mass is 31.2. The molecule has 0 aliphatic rings. The van der Waals surface area contributed by atoms with Gasteiger partial charge in [0.2, 0.25) is 0 Å². The van der Waals surface area contributed by atoms with Crippen molar-refractivity contribution in [3.05, 3.63) is 0 Å². The van der Waals surface area contributed by atoms with E-state index in [4.69, 9.17) is 0 Å². The number of methoxy groups -OCH3 is 1. The fourth-order valence-electron chi connectivity index (χ4n) is 0.864. The number of carbonyl (C=O) groups excluding carboxylic acids is 2. The van der Waals surface area contributed by atoms with Gasteiger partial charge in [0.1, 0.15) is 7.14 Å². The lowest BCUT2D eigenvalue weighted by Gasteiger charge is -2.19. The number of hydrogen-bond donors (Lipinski definition) is 1. The first-order valence-electron chi connectivity index (χ1n) is 4.38. The molecule has 6 nitrogen and oxygen atoms in total. The Morgan fingerprint density at radius 3 is 2.27 bits per heavy atom. The van der Waals surface area contributed by atoms with E-state index >= 15 is 0 Å². The van der Waals surface area contributed by atoms with Gasteiger partial charge in [0.15, 0.2) is 5.78 Å². The van der Waals surface area contributed by atoms with Crippen molar-refractivity contribution >= 4 is 19.2 Å².